The van der Waals surface area contributed by atoms with Crippen molar-refractivity contribution >= 4 is 21.6 Å². The molecule has 2 aromatic carbocycles. The van der Waals surface area contributed by atoms with Gasteiger partial charge in [0.2, 0.25) is 0 Å². The van der Waals surface area contributed by atoms with Crippen LogP contribution in [0.4, 0.5) is 5.69 Å². The van der Waals surface area contributed by atoms with E-state index in [1.54, 1.807) is 60.7 Å². The molecule has 5 nitrogen and oxygen atoms in total. The van der Waals surface area contributed by atoms with E-state index in [9.17, 15) is 13.2 Å². The molecular formula is C20H22N2O3S. The molecule has 0 saturated carbocycles. The monoisotopic (exact) mass is 370 g/mol. The number of sulfonamides is 1. The third-order valence-electron chi connectivity index (χ3n) is 4.42. The smallest absolute Gasteiger partial charge is 0.264 e. The van der Waals surface area contributed by atoms with Gasteiger partial charge in [0.15, 0.2) is 0 Å². The van der Waals surface area contributed by atoms with Crippen LogP contribution in [0.15, 0.2) is 72.1 Å². The van der Waals surface area contributed by atoms with Gasteiger partial charge in [0, 0.05) is 18.7 Å². The highest BCUT2D eigenvalue weighted by atomic mass is 32.2. The topological polar surface area (TPSA) is 57.7 Å². The summed E-state index contributed by atoms with van der Waals surface area (Å²) in [4.78, 5) is 14.5. The van der Waals surface area contributed by atoms with Crippen molar-refractivity contribution < 1.29 is 13.2 Å². The van der Waals surface area contributed by atoms with Crippen LogP contribution in [0, 0.1) is 0 Å². The Hall–Kier alpha value is -2.60. The third-order valence-corrected chi connectivity index (χ3v) is 6.23. The molecular weight excluding hydrogens is 348 g/mol. The molecule has 0 aliphatic carbocycles. The minimum Gasteiger partial charge on any atom is -0.339 e. The summed E-state index contributed by atoms with van der Waals surface area (Å²) in [6, 6.07) is 15.0. The predicted molar refractivity (Wildman–Crippen MR) is 103 cm³/mol. The fraction of sp³-hybridized carbons (Fsp3) is 0.250. The Morgan fingerprint density at radius 1 is 1.04 bits per heavy atom. The Bertz CT molecular complexity index is 871. The third kappa shape index (κ3) is 3.65. The van der Waals surface area contributed by atoms with E-state index in [1.807, 2.05) is 4.90 Å². The van der Waals surface area contributed by atoms with Crippen molar-refractivity contribution in [2.24, 2.45) is 0 Å². The standard InChI is InChI=1S/C20H22N2O3S/c1-2-14-22(26(24,25)19-8-4-3-5-9-19)18-12-10-17(11-13-18)20(23)21-15-6-7-16-21/h2-5,8-13H,1,6-7,14-16H2. The molecule has 1 aliphatic heterocycles. The first kappa shape index (κ1) is 18.2. The molecule has 0 spiro atoms. The molecule has 0 radical (unpaired) electrons. The minimum absolute atomic E-state index is 0.00441. The summed E-state index contributed by atoms with van der Waals surface area (Å²) < 4.78 is 27.2. The highest BCUT2D eigenvalue weighted by Crippen LogP contribution is 2.24. The fourth-order valence-electron chi connectivity index (χ4n) is 3.05. The Labute approximate surface area is 154 Å². The Morgan fingerprint density at radius 2 is 1.65 bits per heavy atom. The van der Waals surface area contributed by atoms with Gasteiger partial charge in [0.05, 0.1) is 17.1 Å². The Balaban J connectivity index is 1.89. The van der Waals surface area contributed by atoms with Crippen molar-refractivity contribution in [3.63, 3.8) is 0 Å². The van der Waals surface area contributed by atoms with Crippen LogP contribution in [-0.4, -0.2) is 38.9 Å². The van der Waals surface area contributed by atoms with Crippen molar-refractivity contribution in [3.8, 4) is 0 Å². The summed E-state index contributed by atoms with van der Waals surface area (Å²) in [5.41, 5.74) is 1.08. The second-order valence-electron chi connectivity index (χ2n) is 6.18. The van der Waals surface area contributed by atoms with Crippen LogP contribution >= 0.6 is 0 Å². The van der Waals surface area contributed by atoms with Crippen LogP contribution in [0.1, 0.15) is 23.2 Å². The van der Waals surface area contributed by atoms with Gasteiger partial charge in [0.25, 0.3) is 15.9 Å². The van der Waals surface area contributed by atoms with Crippen LogP contribution < -0.4 is 4.31 Å². The Morgan fingerprint density at radius 3 is 2.23 bits per heavy atom. The van der Waals surface area contributed by atoms with Crippen molar-refractivity contribution in [1.82, 2.24) is 4.90 Å². The molecule has 1 saturated heterocycles. The predicted octanol–water partition coefficient (Wildman–Crippen LogP) is 3.30. The second kappa shape index (κ2) is 7.74. The summed E-state index contributed by atoms with van der Waals surface area (Å²) in [5, 5.41) is 0. The molecule has 1 amide bonds. The van der Waals surface area contributed by atoms with Crippen molar-refractivity contribution in [1.29, 1.82) is 0 Å². The normalized spacial score (nSPS) is 14.2. The van der Waals surface area contributed by atoms with E-state index in [0.717, 1.165) is 25.9 Å². The van der Waals surface area contributed by atoms with E-state index in [0.29, 0.717) is 11.3 Å². The summed E-state index contributed by atoms with van der Waals surface area (Å²) in [6.07, 6.45) is 3.61. The maximum Gasteiger partial charge on any atom is 0.264 e. The molecule has 136 valence electrons. The first-order valence-electron chi connectivity index (χ1n) is 8.62. The number of rotatable bonds is 6. The molecule has 1 aliphatic rings. The lowest BCUT2D eigenvalue weighted by Crippen LogP contribution is -2.31. The number of carbonyl (C=O) groups is 1. The zero-order chi connectivity index (χ0) is 18.6. The molecule has 1 fully saturated rings. The molecule has 0 atom stereocenters. The highest BCUT2D eigenvalue weighted by molar-refractivity contribution is 7.92. The van der Waals surface area contributed by atoms with Crippen LogP contribution in [0.25, 0.3) is 0 Å². The fourth-order valence-corrected chi connectivity index (χ4v) is 4.51. The molecule has 1 heterocycles. The van der Waals surface area contributed by atoms with Crippen LogP contribution in [0.5, 0.6) is 0 Å². The van der Waals surface area contributed by atoms with E-state index in [4.69, 9.17) is 0 Å². The molecule has 0 N–H and O–H groups in total. The van der Waals surface area contributed by atoms with Gasteiger partial charge in [-0.3, -0.25) is 9.10 Å². The highest BCUT2D eigenvalue weighted by Gasteiger charge is 2.24. The Kier molecular flexibility index (Phi) is 5.42. The van der Waals surface area contributed by atoms with Gasteiger partial charge in [-0.05, 0) is 49.2 Å². The van der Waals surface area contributed by atoms with E-state index < -0.39 is 10.0 Å². The van der Waals surface area contributed by atoms with Gasteiger partial charge < -0.3 is 4.90 Å². The molecule has 3 rings (SSSR count). The number of anilines is 1. The first-order chi connectivity index (χ1) is 12.5. The molecule has 0 unspecified atom stereocenters. The quantitative estimate of drug-likeness (QED) is 0.733. The maximum absolute atomic E-state index is 13.0. The summed E-state index contributed by atoms with van der Waals surface area (Å²) in [7, 11) is -3.70. The van der Waals surface area contributed by atoms with Gasteiger partial charge in [-0.2, -0.15) is 0 Å². The van der Waals surface area contributed by atoms with Crippen molar-refractivity contribution in [2.45, 2.75) is 17.7 Å². The second-order valence-corrected chi connectivity index (χ2v) is 8.05. The number of benzene rings is 2. The van der Waals surface area contributed by atoms with Gasteiger partial charge in [0.1, 0.15) is 0 Å². The van der Waals surface area contributed by atoms with Crippen molar-refractivity contribution in [2.75, 3.05) is 23.9 Å². The summed E-state index contributed by atoms with van der Waals surface area (Å²) in [5.74, 6) is -0.00441. The zero-order valence-corrected chi connectivity index (χ0v) is 15.4. The lowest BCUT2D eigenvalue weighted by Gasteiger charge is -2.23. The van der Waals surface area contributed by atoms with E-state index >= 15 is 0 Å². The van der Waals surface area contributed by atoms with Gasteiger partial charge in [-0.15, -0.1) is 6.58 Å². The molecule has 0 bridgehead atoms. The zero-order valence-electron chi connectivity index (χ0n) is 14.5. The lowest BCUT2D eigenvalue weighted by atomic mass is 10.2. The lowest BCUT2D eigenvalue weighted by molar-refractivity contribution is 0.0793. The van der Waals surface area contributed by atoms with E-state index in [1.165, 1.54) is 4.31 Å². The molecule has 26 heavy (non-hydrogen) atoms. The van der Waals surface area contributed by atoms with E-state index in [2.05, 4.69) is 6.58 Å². The molecule has 6 heteroatoms. The van der Waals surface area contributed by atoms with Crippen LogP contribution in [0.2, 0.25) is 0 Å². The molecule has 2 aromatic rings. The average Bonchev–Trinajstić information content (AvgIpc) is 3.21. The minimum atomic E-state index is -3.70. The number of nitrogens with zero attached hydrogens (tertiary/aromatic N) is 2. The number of carbonyl (C=O) groups excluding carboxylic acids is 1. The first-order valence-corrected chi connectivity index (χ1v) is 10.1. The largest absolute Gasteiger partial charge is 0.339 e. The number of amides is 1. The number of hydrogen-bond donors (Lipinski definition) is 0. The van der Waals surface area contributed by atoms with Gasteiger partial charge >= 0.3 is 0 Å². The number of likely N-dealkylation sites (tertiary alicyclic amines) is 1. The van der Waals surface area contributed by atoms with Gasteiger partial charge in [-0.1, -0.05) is 24.3 Å². The average molecular weight is 370 g/mol. The van der Waals surface area contributed by atoms with Crippen LogP contribution in [-0.2, 0) is 10.0 Å². The van der Waals surface area contributed by atoms with Crippen LogP contribution in [0.3, 0.4) is 0 Å². The summed E-state index contributed by atoms with van der Waals surface area (Å²) >= 11 is 0. The van der Waals surface area contributed by atoms with E-state index in [-0.39, 0.29) is 17.3 Å². The number of hydrogen-bond acceptors (Lipinski definition) is 3. The summed E-state index contributed by atoms with van der Waals surface area (Å²) in [6.45, 7) is 5.38. The SMILES string of the molecule is C=CCN(c1ccc(C(=O)N2CCCC2)cc1)S(=O)(=O)c1ccccc1. The van der Waals surface area contributed by atoms with Crippen molar-refractivity contribution in [3.05, 3.63) is 72.8 Å². The molecule has 0 aromatic heterocycles. The maximum atomic E-state index is 13.0. The van der Waals surface area contributed by atoms with Gasteiger partial charge in [-0.25, -0.2) is 8.42 Å².